The van der Waals surface area contributed by atoms with Gasteiger partial charge in [-0.05, 0) is 31.8 Å². The molecule has 86 valence electrons. The molecule has 0 aromatic rings. The van der Waals surface area contributed by atoms with Gasteiger partial charge in [0, 0.05) is 6.42 Å². The van der Waals surface area contributed by atoms with E-state index in [0.29, 0.717) is 0 Å². The third-order valence-corrected chi connectivity index (χ3v) is 3.86. The van der Waals surface area contributed by atoms with Crippen LogP contribution in [0.2, 0.25) is 0 Å². The quantitative estimate of drug-likeness (QED) is 0.708. The second-order valence-corrected chi connectivity index (χ2v) is 5.22. The second-order valence-electron chi connectivity index (χ2n) is 5.22. The fraction of sp³-hybridized carbons (Fsp3) is 1.00. The van der Waals surface area contributed by atoms with Crippen molar-refractivity contribution in [1.82, 2.24) is 4.90 Å². The van der Waals surface area contributed by atoms with Crippen LogP contribution in [0.1, 0.15) is 32.1 Å². The molecule has 2 saturated heterocycles. The highest BCUT2D eigenvalue weighted by Gasteiger charge is 2.40. The van der Waals surface area contributed by atoms with Crippen LogP contribution >= 0.6 is 0 Å². The summed E-state index contributed by atoms with van der Waals surface area (Å²) < 4.78 is 11.5. The van der Waals surface area contributed by atoms with Gasteiger partial charge in [0.2, 0.25) is 0 Å². The fourth-order valence-electron chi connectivity index (χ4n) is 2.77. The summed E-state index contributed by atoms with van der Waals surface area (Å²) in [6.45, 7) is 5.06. The molecule has 2 aliphatic heterocycles. The van der Waals surface area contributed by atoms with E-state index in [1.807, 2.05) is 0 Å². The third kappa shape index (κ3) is 2.35. The van der Waals surface area contributed by atoms with Crippen LogP contribution < -0.4 is 0 Å². The smallest absolute Gasteiger partial charge is 0.181 e. The number of hydrogen-bond acceptors (Lipinski definition) is 3. The minimum Gasteiger partial charge on any atom is -0.346 e. The Morgan fingerprint density at radius 1 is 1.20 bits per heavy atom. The lowest BCUT2D eigenvalue weighted by Gasteiger charge is -2.38. The minimum atomic E-state index is -0.220. The molecule has 0 aromatic carbocycles. The molecule has 3 nitrogen and oxygen atoms in total. The van der Waals surface area contributed by atoms with Crippen molar-refractivity contribution in [3.05, 3.63) is 0 Å². The van der Waals surface area contributed by atoms with E-state index in [0.717, 1.165) is 32.1 Å². The van der Waals surface area contributed by atoms with Crippen molar-refractivity contribution in [3.63, 3.8) is 0 Å². The molecule has 0 atom stereocenters. The molecule has 0 amide bonds. The van der Waals surface area contributed by atoms with Crippen LogP contribution in [0.5, 0.6) is 0 Å². The lowest BCUT2D eigenvalue weighted by atomic mass is 10.0. The molecule has 2 heterocycles. The van der Waals surface area contributed by atoms with Gasteiger partial charge in [-0.2, -0.15) is 0 Å². The zero-order chi connectivity index (χ0) is 10.1. The predicted octanol–water partition coefficient (Wildman–Crippen LogP) is 1.63. The Labute approximate surface area is 91.7 Å². The van der Waals surface area contributed by atoms with Gasteiger partial charge < -0.3 is 9.47 Å². The molecule has 0 unspecified atom stereocenters. The maximum Gasteiger partial charge on any atom is 0.181 e. The largest absolute Gasteiger partial charge is 0.346 e. The van der Waals surface area contributed by atoms with E-state index in [2.05, 4.69) is 4.90 Å². The number of rotatable bonds is 3. The molecular weight excluding hydrogens is 190 g/mol. The van der Waals surface area contributed by atoms with Crippen molar-refractivity contribution in [2.75, 3.05) is 32.8 Å². The lowest BCUT2D eigenvalue weighted by Crippen LogP contribution is -2.49. The zero-order valence-corrected chi connectivity index (χ0v) is 9.41. The molecule has 3 fully saturated rings. The standard InChI is InChI=1S/C12H21NO2/c1-5-12(14-8-9-15-12)10-13(6-1)7-4-11-2-3-11/h11H,1-10H2. The predicted molar refractivity (Wildman–Crippen MR) is 57.7 cm³/mol. The molecule has 1 aliphatic carbocycles. The van der Waals surface area contributed by atoms with Gasteiger partial charge >= 0.3 is 0 Å². The van der Waals surface area contributed by atoms with Crippen LogP contribution in [0, 0.1) is 5.92 Å². The molecule has 1 spiro atoms. The maximum atomic E-state index is 5.77. The molecular formula is C12H21NO2. The Balaban J connectivity index is 1.51. The van der Waals surface area contributed by atoms with Crippen LogP contribution in [-0.4, -0.2) is 43.5 Å². The monoisotopic (exact) mass is 211 g/mol. The van der Waals surface area contributed by atoms with Crippen molar-refractivity contribution < 1.29 is 9.47 Å². The summed E-state index contributed by atoms with van der Waals surface area (Å²) in [6.07, 6.45) is 6.63. The van der Waals surface area contributed by atoms with Crippen LogP contribution in [-0.2, 0) is 9.47 Å². The first-order valence-electron chi connectivity index (χ1n) is 6.37. The Bertz CT molecular complexity index is 222. The van der Waals surface area contributed by atoms with Crippen LogP contribution in [0.15, 0.2) is 0 Å². The van der Waals surface area contributed by atoms with Crippen LogP contribution in [0.4, 0.5) is 0 Å². The Kier molecular flexibility index (Phi) is 2.71. The van der Waals surface area contributed by atoms with Gasteiger partial charge in [-0.25, -0.2) is 0 Å². The number of hydrogen-bond donors (Lipinski definition) is 0. The molecule has 3 aliphatic rings. The van der Waals surface area contributed by atoms with Crippen molar-refractivity contribution in [2.24, 2.45) is 5.92 Å². The van der Waals surface area contributed by atoms with Crippen molar-refractivity contribution in [3.8, 4) is 0 Å². The van der Waals surface area contributed by atoms with Gasteiger partial charge in [0.05, 0.1) is 19.8 Å². The summed E-state index contributed by atoms with van der Waals surface area (Å²) in [5.41, 5.74) is 0. The van der Waals surface area contributed by atoms with Gasteiger partial charge in [0.25, 0.3) is 0 Å². The maximum absolute atomic E-state index is 5.77. The van der Waals surface area contributed by atoms with Gasteiger partial charge in [-0.3, -0.25) is 4.90 Å². The number of nitrogens with zero attached hydrogens (tertiary/aromatic N) is 1. The molecule has 0 N–H and O–H groups in total. The average molecular weight is 211 g/mol. The Morgan fingerprint density at radius 3 is 2.73 bits per heavy atom. The van der Waals surface area contributed by atoms with Crippen molar-refractivity contribution >= 4 is 0 Å². The fourth-order valence-corrected chi connectivity index (χ4v) is 2.77. The van der Waals surface area contributed by atoms with Gasteiger partial charge in [0.15, 0.2) is 5.79 Å². The first kappa shape index (κ1) is 10.1. The topological polar surface area (TPSA) is 21.7 Å². The van der Waals surface area contributed by atoms with E-state index < -0.39 is 0 Å². The van der Waals surface area contributed by atoms with Crippen LogP contribution in [0.3, 0.4) is 0 Å². The average Bonchev–Trinajstić information content (AvgIpc) is 2.99. The van der Waals surface area contributed by atoms with E-state index in [9.17, 15) is 0 Å². The normalized spacial score (nSPS) is 31.2. The first-order chi connectivity index (χ1) is 7.36. The lowest BCUT2D eigenvalue weighted by molar-refractivity contribution is -0.189. The van der Waals surface area contributed by atoms with E-state index in [-0.39, 0.29) is 5.79 Å². The van der Waals surface area contributed by atoms with E-state index in [1.165, 1.54) is 38.8 Å². The Morgan fingerprint density at radius 2 is 2.00 bits per heavy atom. The zero-order valence-electron chi connectivity index (χ0n) is 9.41. The summed E-state index contributed by atoms with van der Waals surface area (Å²) in [6, 6.07) is 0. The summed E-state index contributed by atoms with van der Waals surface area (Å²) in [4.78, 5) is 2.53. The first-order valence-corrected chi connectivity index (χ1v) is 6.37. The molecule has 0 bridgehead atoms. The molecule has 3 heteroatoms. The van der Waals surface area contributed by atoms with Gasteiger partial charge in [-0.15, -0.1) is 0 Å². The molecule has 3 rings (SSSR count). The molecule has 0 aromatic heterocycles. The molecule has 15 heavy (non-hydrogen) atoms. The van der Waals surface area contributed by atoms with E-state index in [1.54, 1.807) is 0 Å². The third-order valence-electron chi connectivity index (χ3n) is 3.86. The molecule has 1 saturated carbocycles. The Hall–Kier alpha value is -0.120. The summed E-state index contributed by atoms with van der Waals surface area (Å²) >= 11 is 0. The van der Waals surface area contributed by atoms with Crippen LogP contribution in [0.25, 0.3) is 0 Å². The highest BCUT2D eigenvalue weighted by Crippen LogP contribution is 2.34. The summed E-state index contributed by atoms with van der Waals surface area (Å²) in [5.74, 6) is 0.815. The SMILES string of the molecule is C1CN(CCC2CC2)CC2(C1)OCCO2. The van der Waals surface area contributed by atoms with E-state index >= 15 is 0 Å². The number of ether oxygens (including phenoxy) is 2. The number of likely N-dealkylation sites (tertiary alicyclic amines) is 1. The highest BCUT2D eigenvalue weighted by atomic mass is 16.7. The minimum absolute atomic E-state index is 0.220. The highest BCUT2D eigenvalue weighted by molar-refractivity contribution is 4.85. The second kappa shape index (κ2) is 4.04. The summed E-state index contributed by atoms with van der Waals surface area (Å²) in [5, 5.41) is 0. The number of piperidine rings is 1. The van der Waals surface area contributed by atoms with Gasteiger partial charge in [-0.1, -0.05) is 12.8 Å². The van der Waals surface area contributed by atoms with E-state index in [4.69, 9.17) is 9.47 Å². The van der Waals surface area contributed by atoms with Crippen molar-refractivity contribution in [1.29, 1.82) is 0 Å². The summed E-state index contributed by atoms with van der Waals surface area (Å²) in [7, 11) is 0. The van der Waals surface area contributed by atoms with Crippen molar-refractivity contribution in [2.45, 2.75) is 37.9 Å². The van der Waals surface area contributed by atoms with Gasteiger partial charge in [0.1, 0.15) is 0 Å². The molecule has 0 radical (unpaired) electrons.